The van der Waals surface area contributed by atoms with Crippen LogP contribution in [0.2, 0.25) is 0 Å². The molecule has 1 aliphatic rings. The molecular weight excluding hydrogens is 170 g/mol. The van der Waals surface area contributed by atoms with Gasteiger partial charge < -0.3 is 0 Å². The lowest BCUT2D eigenvalue weighted by atomic mass is 10.1. The summed E-state index contributed by atoms with van der Waals surface area (Å²) in [6, 6.07) is 0. The molecule has 1 unspecified atom stereocenters. The fourth-order valence-corrected chi connectivity index (χ4v) is 2.09. The summed E-state index contributed by atoms with van der Waals surface area (Å²) < 4.78 is 1.07. The van der Waals surface area contributed by atoms with Crippen LogP contribution in [0.3, 0.4) is 0 Å². The smallest absolute Gasteiger partial charge is 0.105 e. The predicted octanol–water partition coefficient (Wildman–Crippen LogP) is 3.26. The highest BCUT2D eigenvalue weighted by Gasteiger charge is 2.24. The molecular formula is C13H22N+. The molecule has 0 saturated heterocycles. The van der Waals surface area contributed by atoms with Crippen molar-refractivity contribution in [3.63, 3.8) is 0 Å². The van der Waals surface area contributed by atoms with E-state index in [-0.39, 0.29) is 0 Å². The maximum atomic E-state index is 3.86. The Bertz CT molecular complexity index is 250. The Morgan fingerprint density at radius 3 is 2.93 bits per heavy atom. The molecule has 14 heavy (non-hydrogen) atoms. The van der Waals surface area contributed by atoms with Crippen LogP contribution in [0.25, 0.3) is 0 Å². The van der Waals surface area contributed by atoms with Gasteiger partial charge in [0.05, 0.1) is 12.7 Å². The monoisotopic (exact) mass is 192 g/mol. The zero-order valence-corrected chi connectivity index (χ0v) is 9.50. The van der Waals surface area contributed by atoms with E-state index in [9.17, 15) is 0 Å². The second kappa shape index (κ2) is 5.16. The van der Waals surface area contributed by atoms with Gasteiger partial charge in [-0.05, 0) is 31.1 Å². The highest BCUT2D eigenvalue weighted by atomic mass is 15.3. The van der Waals surface area contributed by atoms with Gasteiger partial charge in [-0.15, -0.1) is 0 Å². The minimum atomic E-state index is 1.06. The second-order valence-electron chi connectivity index (χ2n) is 4.28. The molecule has 0 radical (unpaired) electrons. The van der Waals surface area contributed by atoms with Gasteiger partial charge in [0.2, 0.25) is 0 Å². The lowest BCUT2D eigenvalue weighted by Crippen LogP contribution is -2.45. The zero-order valence-electron chi connectivity index (χ0n) is 9.50. The Labute approximate surface area is 88.0 Å². The molecule has 0 spiro atoms. The summed E-state index contributed by atoms with van der Waals surface area (Å²) in [6.07, 6.45) is 11.3. The molecule has 0 N–H and O–H groups in total. The van der Waals surface area contributed by atoms with E-state index in [1.807, 2.05) is 6.08 Å². The molecule has 0 aromatic carbocycles. The van der Waals surface area contributed by atoms with E-state index in [1.165, 1.54) is 25.0 Å². The van der Waals surface area contributed by atoms with Gasteiger partial charge in [0.25, 0.3) is 0 Å². The van der Waals surface area contributed by atoms with Crippen molar-refractivity contribution >= 4 is 0 Å². The standard InChI is InChI=1S/C13H22N/c1-4-6-10-14(9-5-2)11-7-8-13(3)12-14/h5,7-8,11H,2,4,6,9-10,12H2,1,3H3/q+1. The average Bonchev–Trinajstić information content (AvgIpc) is 2.15. The van der Waals surface area contributed by atoms with Crippen LogP contribution in [0.4, 0.5) is 0 Å². The van der Waals surface area contributed by atoms with Crippen LogP contribution in [0.1, 0.15) is 26.7 Å². The Hall–Kier alpha value is -0.820. The molecule has 1 aliphatic heterocycles. The fourth-order valence-electron chi connectivity index (χ4n) is 2.09. The summed E-state index contributed by atoms with van der Waals surface area (Å²) in [5, 5.41) is 0. The van der Waals surface area contributed by atoms with Crippen molar-refractivity contribution in [2.45, 2.75) is 26.7 Å². The third-order valence-electron chi connectivity index (χ3n) is 2.80. The largest absolute Gasteiger partial charge is 0.291 e. The highest BCUT2D eigenvalue weighted by Crippen LogP contribution is 2.18. The van der Waals surface area contributed by atoms with Gasteiger partial charge in [0, 0.05) is 0 Å². The van der Waals surface area contributed by atoms with Gasteiger partial charge in [0.1, 0.15) is 13.1 Å². The molecule has 0 fully saturated rings. The number of hydrogen-bond donors (Lipinski definition) is 0. The lowest BCUT2D eigenvalue weighted by molar-refractivity contribution is -0.869. The average molecular weight is 192 g/mol. The van der Waals surface area contributed by atoms with Crippen molar-refractivity contribution in [2.24, 2.45) is 0 Å². The topological polar surface area (TPSA) is 0 Å². The summed E-state index contributed by atoms with van der Waals surface area (Å²) in [4.78, 5) is 0. The van der Waals surface area contributed by atoms with Gasteiger partial charge >= 0.3 is 0 Å². The van der Waals surface area contributed by atoms with E-state index in [0.717, 1.165) is 17.6 Å². The number of hydrogen-bond acceptors (Lipinski definition) is 0. The normalized spacial score (nSPS) is 26.0. The lowest BCUT2D eigenvalue weighted by Gasteiger charge is -2.36. The van der Waals surface area contributed by atoms with Crippen molar-refractivity contribution in [3.8, 4) is 0 Å². The first kappa shape index (κ1) is 11.3. The van der Waals surface area contributed by atoms with Crippen molar-refractivity contribution in [1.29, 1.82) is 0 Å². The molecule has 0 aliphatic carbocycles. The molecule has 1 atom stereocenters. The van der Waals surface area contributed by atoms with E-state index in [1.54, 1.807) is 0 Å². The van der Waals surface area contributed by atoms with Crippen molar-refractivity contribution in [3.05, 3.63) is 36.6 Å². The van der Waals surface area contributed by atoms with Crippen LogP contribution in [0.15, 0.2) is 36.6 Å². The van der Waals surface area contributed by atoms with Crippen LogP contribution in [0, 0.1) is 0 Å². The molecule has 1 rings (SSSR count). The quantitative estimate of drug-likeness (QED) is 0.463. The van der Waals surface area contributed by atoms with Crippen molar-refractivity contribution < 1.29 is 4.48 Å². The molecule has 1 heteroatoms. The number of rotatable bonds is 5. The van der Waals surface area contributed by atoms with E-state index >= 15 is 0 Å². The summed E-state index contributed by atoms with van der Waals surface area (Å²) >= 11 is 0. The number of quaternary nitrogens is 1. The summed E-state index contributed by atoms with van der Waals surface area (Å²) in [5.41, 5.74) is 1.48. The zero-order chi connectivity index (χ0) is 10.4. The maximum absolute atomic E-state index is 3.86. The van der Waals surface area contributed by atoms with E-state index in [4.69, 9.17) is 0 Å². The van der Waals surface area contributed by atoms with Crippen LogP contribution < -0.4 is 0 Å². The Morgan fingerprint density at radius 1 is 1.57 bits per heavy atom. The third kappa shape index (κ3) is 2.85. The van der Waals surface area contributed by atoms with Gasteiger partial charge in [-0.1, -0.05) is 26.0 Å². The minimum Gasteiger partial charge on any atom is -0.291 e. The highest BCUT2D eigenvalue weighted by molar-refractivity contribution is 5.13. The van der Waals surface area contributed by atoms with Gasteiger partial charge in [0.15, 0.2) is 0 Å². The summed E-state index contributed by atoms with van der Waals surface area (Å²) in [6.45, 7) is 11.8. The first-order chi connectivity index (χ1) is 6.72. The molecule has 0 saturated carbocycles. The third-order valence-corrected chi connectivity index (χ3v) is 2.80. The Balaban J connectivity index is 2.67. The number of allylic oxidation sites excluding steroid dienone is 2. The van der Waals surface area contributed by atoms with Crippen LogP contribution >= 0.6 is 0 Å². The maximum Gasteiger partial charge on any atom is 0.105 e. The van der Waals surface area contributed by atoms with E-state index < -0.39 is 0 Å². The SMILES string of the molecule is C=CC[N+]1(CCCC)C=CC=C(C)C1. The van der Waals surface area contributed by atoms with Crippen LogP contribution in [-0.2, 0) is 0 Å². The molecule has 0 aromatic heterocycles. The molecule has 78 valence electrons. The first-order valence-corrected chi connectivity index (χ1v) is 5.54. The minimum absolute atomic E-state index is 1.06. The fraction of sp³-hybridized carbons (Fsp3) is 0.538. The number of unbranched alkanes of at least 4 members (excludes halogenated alkanes) is 1. The molecule has 0 aromatic rings. The van der Waals surface area contributed by atoms with Gasteiger partial charge in [-0.2, -0.15) is 0 Å². The summed E-state index contributed by atoms with van der Waals surface area (Å²) in [7, 11) is 0. The summed E-state index contributed by atoms with van der Waals surface area (Å²) in [5.74, 6) is 0. The van der Waals surface area contributed by atoms with E-state index in [0.29, 0.717) is 0 Å². The second-order valence-corrected chi connectivity index (χ2v) is 4.28. The molecule has 0 bridgehead atoms. The van der Waals surface area contributed by atoms with Crippen molar-refractivity contribution in [1.82, 2.24) is 0 Å². The number of nitrogens with zero attached hydrogens (tertiary/aromatic N) is 1. The predicted molar refractivity (Wildman–Crippen MR) is 62.9 cm³/mol. The van der Waals surface area contributed by atoms with Crippen LogP contribution in [0.5, 0.6) is 0 Å². The van der Waals surface area contributed by atoms with Gasteiger partial charge in [-0.25, -0.2) is 0 Å². The Morgan fingerprint density at radius 2 is 2.36 bits per heavy atom. The van der Waals surface area contributed by atoms with Gasteiger partial charge in [-0.3, -0.25) is 4.48 Å². The van der Waals surface area contributed by atoms with Crippen LogP contribution in [-0.4, -0.2) is 24.1 Å². The Kier molecular flexibility index (Phi) is 4.15. The molecule has 0 amide bonds. The van der Waals surface area contributed by atoms with Crippen molar-refractivity contribution in [2.75, 3.05) is 19.6 Å². The first-order valence-electron chi connectivity index (χ1n) is 5.54. The van der Waals surface area contributed by atoms with E-state index in [2.05, 4.69) is 38.8 Å². The molecule has 1 heterocycles. The molecule has 1 nitrogen and oxygen atoms in total.